The minimum atomic E-state index is -1.77. The summed E-state index contributed by atoms with van der Waals surface area (Å²) in [5, 5.41) is 25.9. The highest BCUT2D eigenvalue weighted by Gasteiger charge is 2.43. The summed E-state index contributed by atoms with van der Waals surface area (Å²) in [6.07, 6.45) is -0.816. The van der Waals surface area contributed by atoms with Gasteiger partial charge in [0.2, 0.25) is 23.6 Å². The summed E-state index contributed by atoms with van der Waals surface area (Å²) in [4.78, 5) is 58.6. The van der Waals surface area contributed by atoms with Crippen LogP contribution in [0.3, 0.4) is 0 Å². The highest BCUT2D eigenvalue weighted by Crippen LogP contribution is 2.30. The van der Waals surface area contributed by atoms with Gasteiger partial charge in [0.05, 0.1) is 42.7 Å². The number of carbonyl (C=O) groups excluding carboxylic acids is 4. The first-order valence-electron chi connectivity index (χ1n) is 19.0. The van der Waals surface area contributed by atoms with Gasteiger partial charge in [0.25, 0.3) is 0 Å². The second-order valence-electron chi connectivity index (χ2n) is 15.3. The number of methoxy groups -OCH3 is 2. The Morgan fingerprint density at radius 3 is 2.06 bits per heavy atom. The monoisotopic (exact) mass is 765 g/mol. The summed E-state index contributed by atoms with van der Waals surface area (Å²) in [6.45, 7) is 13.9. The Balaban J connectivity index is 2.27. The van der Waals surface area contributed by atoms with Crippen LogP contribution in [0.4, 0.5) is 0 Å². The van der Waals surface area contributed by atoms with Gasteiger partial charge in [-0.3, -0.25) is 19.2 Å². The van der Waals surface area contributed by atoms with E-state index < -0.39 is 60.5 Å². The van der Waals surface area contributed by atoms with Crippen molar-refractivity contribution in [2.75, 3.05) is 34.9 Å². The molecule has 0 aromatic heterocycles. The molecule has 1 aromatic rings. The number of aliphatic hydroxyl groups excluding tert-OH is 1. The normalized spacial score (nSPS) is 19.4. The van der Waals surface area contributed by atoms with Crippen LogP contribution in [0.5, 0.6) is 0 Å². The standard InChI is InChI=1S/C39H67N5O8S/c1-12-25(6)34(42(8)38(48)32(23(2)3)41-37(47)33(24(4)5)43(9)53)30(51-10)22-31(45)44-20-16-19-29(44)35(52-11)26(7)36(46)40-28(39(49)50)21-27-17-14-13-15-18-27/h13-15,17-18,23-26,28-30,32-35,39,49-50,53H,12,16,19-22H2,1-11H3,(H,40,46)(H,41,47)/t25-,26+,28-,29-,30+,32-,33-,34-,35+/m0/s1. The van der Waals surface area contributed by atoms with Crippen molar-refractivity contribution >= 4 is 36.4 Å². The quantitative estimate of drug-likeness (QED) is 0.0937. The van der Waals surface area contributed by atoms with Gasteiger partial charge < -0.3 is 40.1 Å². The fourth-order valence-electron chi connectivity index (χ4n) is 7.59. The lowest BCUT2D eigenvalue weighted by Crippen LogP contribution is -2.59. The first-order chi connectivity index (χ1) is 24.9. The molecular weight excluding hydrogens is 699 g/mol. The van der Waals surface area contributed by atoms with Crippen LogP contribution in [0, 0.1) is 23.7 Å². The van der Waals surface area contributed by atoms with Gasteiger partial charge in [-0.1, -0.05) is 98.0 Å². The molecule has 13 nitrogen and oxygen atoms in total. The smallest absolute Gasteiger partial charge is 0.245 e. The lowest BCUT2D eigenvalue weighted by Gasteiger charge is -2.41. The zero-order chi connectivity index (χ0) is 40.2. The number of benzene rings is 1. The van der Waals surface area contributed by atoms with Crippen LogP contribution in [0.2, 0.25) is 0 Å². The fourth-order valence-corrected chi connectivity index (χ4v) is 7.97. The van der Waals surface area contributed by atoms with Crippen molar-refractivity contribution in [1.82, 2.24) is 24.7 Å². The highest BCUT2D eigenvalue weighted by molar-refractivity contribution is 7.77. The topological polar surface area (TPSA) is 161 Å². The molecule has 0 saturated carbocycles. The van der Waals surface area contributed by atoms with Crippen molar-refractivity contribution in [2.45, 2.75) is 129 Å². The van der Waals surface area contributed by atoms with Crippen LogP contribution < -0.4 is 10.6 Å². The van der Waals surface area contributed by atoms with Gasteiger partial charge in [-0.05, 0) is 49.6 Å². The fraction of sp³-hybridized carbons (Fsp3) is 0.744. The molecule has 0 unspecified atom stereocenters. The molecule has 0 aliphatic carbocycles. The number of hydrogen-bond donors (Lipinski definition) is 5. The number of rotatable bonds is 21. The third kappa shape index (κ3) is 12.6. The lowest BCUT2D eigenvalue weighted by molar-refractivity contribution is -0.148. The molecule has 2 rings (SSSR count). The van der Waals surface area contributed by atoms with Gasteiger partial charge in [0.1, 0.15) is 12.1 Å². The predicted octanol–water partition coefficient (Wildman–Crippen LogP) is 2.89. The number of amides is 4. The number of hydrogen-bond acceptors (Lipinski definition) is 10. The summed E-state index contributed by atoms with van der Waals surface area (Å²) in [7, 11) is 6.47. The molecule has 302 valence electrons. The largest absolute Gasteiger partial charge is 0.379 e. The number of ether oxygens (including phenoxy) is 2. The Bertz CT molecular complexity index is 1290. The molecule has 4 amide bonds. The molecule has 53 heavy (non-hydrogen) atoms. The number of carbonyl (C=O) groups is 4. The number of aliphatic hydroxyl groups is 2. The van der Waals surface area contributed by atoms with Gasteiger partial charge in [-0.15, -0.1) is 0 Å². The van der Waals surface area contributed by atoms with Crippen molar-refractivity contribution in [2.24, 2.45) is 23.7 Å². The molecule has 0 bridgehead atoms. The number of likely N-dealkylation sites (tertiary alicyclic amines) is 1. The molecule has 1 aromatic carbocycles. The van der Waals surface area contributed by atoms with Crippen molar-refractivity contribution in [3.8, 4) is 0 Å². The van der Waals surface area contributed by atoms with E-state index in [-0.39, 0.29) is 48.3 Å². The third-order valence-corrected chi connectivity index (χ3v) is 11.0. The van der Waals surface area contributed by atoms with Crippen LogP contribution in [-0.4, -0.2) is 132 Å². The van der Waals surface area contributed by atoms with Crippen molar-refractivity contribution in [3.05, 3.63) is 35.9 Å². The number of likely N-dealkylation sites (N-methyl/N-ethyl adjacent to an activating group) is 2. The van der Waals surface area contributed by atoms with Crippen LogP contribution in [0.1, 0.15) is 79.7 Å². The van der Waals surface area contributed by atoms with Crippen LogP contribution >= 0.6 is 12.8 Å². The van der Waals surface area contributed by atoms with Gasteiger partial charge in [0.15, 0.2) is 6.29 Å². The minimum Gasteiger partial charge on any atom is -0.379 e. The Morgan fingerprint density at radius 2 is 1.57 bits per heavy atom. The average Bonchev–Trinajstić information content (AvgIpc) is 3.59. The Hall–Kier alpha value is -2.75. The molecule has 9 atom stereocenters. The third-order valence-electron chi connectivity index (χ3n) is 10.8. The molecule has 1 fully saturated rings. The van der Waals surface area contributed by atoms with Crippen LogP contribution in [-0.2, 0) is 35.1 Å². The van der Waals surface area contributed by atoms with Crippen LogP contribution in [0.15, 0.2) is 30.3 Å². The second-order valence-corrected chi connectivity index (χ2v) is 15.9. The van der Waals surface area contributed by atoms with Crippen molar-refractivity contribution in [3.63, 3.8) is 0 Å². The summed E-state index contributed by atoms with van der Waals surface area (Å²) in [6, 6.07) is 6.08. The summed E-state index contributed by atoms with van der Waals surface area (Å²) in [5.41, 5.74) is 0.843. The van der Waals surface area contributed by atoms with Gasteiger partial charge >= 0.3 is 0 Å². The van der Waals surface area contributed by atoms with E-state index in [1.165, 1.54) is 14.2 Å². The zero-order valence-electron chi connectivity index (χ0n) is 33.7. The first-order valence-corrected chi connectivity index (χ1v) is 19.4. The summed E-state index contributed by atoms with van der Waals surface area (Å²) in [5.74, 6) is -2.16. The maximum Gasteiger partial charge on any atom is 0.245 e. The molecule has 0 spiro atoms. The molecule has 1 saturated heterocycles. The molecule has 4 N–H and O–H groups in total. The van der Waals surface area contributed by atoms with Gasteiger partial charge in [-0.25, -0.2) is 4.31 Å². The highest BCUT2D eigenvalue weighted by atomic mass is 32.1. The maximum atomic E-state index is 14.2. The Labute approximate surface area is 323 Å². The number of nitrogens with zero attached hydrogens (tertiary/aromatic N) is 3. The van der Waals surface area contributed by atoms with Gasteiger partial charge in [0, 0.05) is 27.8 Å². The van der Waals surface area contributed by atoms with E-state index in [0.717, 1.165) is 12.0 Å². The molecule has 1 aliphatic rings. The second kappa shape index (κ2) is 22.0. The van der Waals surface area contributed by atoms with E-state index in [4.69, 9.17) is 9.47 Å². The van der Waals surface area contributed by atoms with Gasteiger partial charge in [-0.2, -0.15) is 0 Å². The maximum absolute atomic E-state index is 14.2. The predicted molar refractivity (Wildman–Crippen MR) is 209 cm³/mol. The lowest BCUT2D eigenvalue weighted by atomic mass is 9.89. The van der Waals surface area contributed by atoms with E-state index in [0.29, 0.717) is 19.4 Å². The van der Waals surface area contributed by atoms with Crippen molar-refractivity contribution < 1.29 is 38.9 Å². The first kappa shape index (κ1) is 46.4. The number of thiol groups is 1. The van der Waals surface area contributed by atoms with Crippen molar-refractivity contribution in [1.29, 1.82) is 0 Å². The summed E-state index contributed by atoms with van der Waals surface area (Å²) >= 11 is 4.38. The Kier molecular flexibility index (Phi) is 19.2. The zero-order valence-corrected chi connectivity index (χ0v) is 34.6. The molecule has 1 heterocycles. The van der Waals surface area contributed by atoms with E-state index >= 15 is 0 Å². The molecule has 14 heteroatoms. The van der Waals surface area contributed by atoms with E-state index in [2.05, 4.69) is 23.4 Å². The van der Waals surface area contributed by atoms with E-state index in [9.17, 15) is 29.4 Å². The molecule has 1 aliphatic heterocycles. The van der Waals surface area contributed by atoms with Crippen LogP contribution in [0.25, 0.3) is 0 Å². The van der Waals surface area contributed by atoms with E-state index in [1.807, 2.05) is 71.9 Å². The van der Waals surface area contributed by atoms with E-state index in [1.54, 1.807) is 35.1 Å². The molecule has 0 radical (unpaired) electrons. The minimum absolute atomic E-state index is 0.00886. The summed E-state index contributed by atoms with van der Waals surface area (Å²) < 4.78 is 13.4. The SMILES string of the molecule is CC[C@H](C)[C@@H]([C@@H](CC(=O)N1CCC[C@H]1[C@H](OC)[C@@H](C)C(=O)N[C@@H](Cc1ccccc1)C(O)O)OC)N(C)C(=O)[C@@H](NC(=O)[C@H](C(C)C)N(C)S)C(C)C. The number of nitrogens with one attached hydrogen (secondary N) is 2. The Morgan fingerprint density at radius 1 is 0.943 bits per heavy atom. The average molecular weight is 766 g/mol. The molecular formula is C39H67N5O8S.